The van der Waals surface area contributed by atoms with Crippen molar-refractivity contribution in [2.45, 2.75) is 63.0 Å². The van der Waals surface area contributed by atoms with Gasteiger partial charge in [-0.15, -0.1) is 0 Å². The van der Waals surface area contributed by atoms with E-state index in [0.29, 0.717) is 30.1 Å². The smallest absolute Gasteiger partial charge is 0.407 e. The highest BCUT2D eigenvalue weighted by atomic mass is 32.2. The summed E-state index contributed by atoms with van der Waals surface area (Å²) in [7, 11) is -6.45. The summed E-state index contributed by atoms with van der Waals surface area (Å²) in [6, 6.07) is 11.5. The first-order valence-electron chi connectivity index (χ1n) is 15.5. The minimum absolute atomic E-state index is 0.0389. The van der Waals surface area contributed by atoms with E-state index in [2.05, 4.69) is 5.32 Å². The topological polar surface area (TPSA) is 179 Å². The van der Waals surface area contributed by atoms with Crippen LogP contribution in [0.5, 0.6) is 11.5 Å². The van der Waals surface area contributed by atoms with E-state index in [1.165, 1.54) is 23.5 Å². The molecule has 0 bridgehead atoms. The highest BCUT2D eigenvalue weighted by Gasteiger charge is 2.44. The molecule has 0 spiro atoms. The summed E-state index contributed by atoms with van der Waals surface area (Å²) in [6.45, 7) is 5.90. The zero-order chi connectivity index (χ0) is 34.2. The molecule has 0 saturated carbocycles. The second-order valence-electron chi connectivity index (χ2n) is 11.9. The largest absolute Gasteiger partial charge is 0.497 e. The molecule has 47 heavy (non-hydrogen) atoms. The fraction of sp³-hybridized carbons (Fsp3) is 0.581. The molecule has 0 aromatic heterocycles. The highest BCUT2D eigenvalue weighted by Crippen LogP contribution is 2.41. The third kappa shape index (κ3) is 10.4. The van der Waals surface area contributed by atoms with Crippen molar-refractivity contribution in [3.63, 3.8) is 0 Å². The van der Waals surface area contributed by atoms with Gasteiger partial charge in [-0.2, -0.15) is 4.31 Å². The maximum absolute atomic E-state index is 13.7. The first kappa shape index (κ1) is 37.1. The summed E-state index contributed by atoms with van der Waals surface area (Å²) >= 11 is 0. The molecule has 14 nitrogen and oxygen atoms in total. The van der Waals surface area contributed by atoms with Gasteiger partial charge >= 0.3 is 13.7 Å². The molecule has 0 radical (unpaired) electrons. The van der Waals surface area contributed by atoms with Crippen molar-refractivity contribution >= 4 is 23.7 Å². The van der Waals surface area contributed by atoms with Gasteiger partial charge in [-0.1, -0.05) is 26.0 Å². The summed E-state index contributed by atoms with van der Waals surface area (Å²) in [5.41, 5.74) is 0.667. The van der Waals surface area contributed by atoms with Crippen molar-refractivity contribution in [2.75, 3.05) is 46.4 Å². The maximum atomic E-state index is 13.7. The Balaban J connectivity index is 1.52. The predicted molar refractivity (Wildman–Crippen MR) is 171 cm³/mol. The lowest BCUT2D eigenvalue weighted by Gasteiger charge is -2.31. The summed E-state index contributed by atoms with van der Waals surface area (Å²) < 4.78 is 72.8. The first-order valence-corrected chi connectivity index (χ1v) is 18.7. The highest BCUT2D eigenvalue weighted by molar-refractivity contribution is 7.89. The van der Waals surface area contributed by atoms with E-state index in [1.54, 1.807) is 43.3 Å². The molecular weight excluding hydrogens is 655 g/mol. The summed E-state index contributed by atoms with van der Waals surface area (Å²) in [6.07, 6.45) is -2.81. The van der Waals surface area contributed by atoms with Gasteiger partial charge in [0, 0.05) is 13.1 Å². The van der Waals surface area contributed by atoms with E-state index >= 15 is 0 Å². The molecule has 1 amide bonds. The summed E-state index contributed by atoms with van der Waals surface area (Å²) in [5, 5.41) is 14.3. The van der Waals surface area contributed by atoms with Crippen LogP contribution in [0.4, 0.5) is 4.79 Å². The minimum Gasteiger partial charge on any atom is -0.497 e. The molecular formula is C31H45N2O12PS. The zero-order valence-corrected chi connectivity index (χ0v) is 28.7. The second kappa shape index (κ2) is 16.6. The van der Waals surface area contributed by atoms with Gasteiger partial charge in [0.2, 0.25) is 10.0 Å². The van der Waals surface area contributed by atoms with Crippen molar-refractivity contribution in [1.29, 1.82) is 0 Å². The number of sulfonamides is 1. The maximum Gasteiger partial charge on any atom is 0.407 e. The third-order valence-electron chi connectivity index (χ3n) is 7.77. The number of nitrogens with zero attached hydrogens (tertiary/aromatic N) is 1. The number of nitrogens with one attached hydrogen (secondary N) is 1. The van der Waals surface area contributed by atoms with Crippen molar-refractivity contribution in [3.8, 4) is 11.5 Å². The van der Waals surface area contributed by atoms with Crippen LogP contribution in [0.2, 0.25) is 0 Å². The number of fused-ring (bicyclic) bond motifs is 1. The Kier molecular flexibility index (Phi) is 13.1. The van der Waals surface area contributed by atoms with Crippen LogP contribution >= 0.6 is 7.60 Å². The van der Waals surface area contributed by atoms with Gasteiger partial charge in [0.1, 0.15) is 17.6 Å². The van der Waals surface area contributed by atoms with Crippen LogP contribution < -0.4 is 14.8 Å². The fourth-order valence-electron chi connectivity index (χ4n) is 5.44. The molecule has 3 N–H and O–H groups in total. The normalized spacial score (nSPS) is 22.0. The number of rotatable bonds is 17. The number of amides is 1. The third-order valence-corrected chi connectivity index (χ3v) is 10.7. The van der Waals surface area contributed by atoms with Crippen LogP contribution in [0.1, 0.15) is 32.8 Å². The van der Waals surface area contributed by atoms with Gasteiger partial charge in [-0.25, -0.2) is 13.2 Å². The fourth-order valence-corrected chi connectivity index (χ4v) is 7.85. The van der Waals surface area contributed by atoms with E-state index in [-0.39, 0.29) is 49.5 Å². The predicted octanol–water partition coefficient (Wildman–Crippen LogP) is 3.36. The molecule has 2 fully saturated rings. The lowest BCUT2D eigenvalue weighted by atomic mass is 10.0. The molecule has 6 atom stereocenters. The molecule has 2 aliphatic heterocycles. The van der Waals surface area contributed by atoms with Crippen molar-refractivity contribution in [1.82, 2.24) is 9.62 Å². The van der Waals surface area contributed by atoms with Crippen LogP contribution in [0.3, 0.4) is 0 Å². The van der Waals surface area contributed by atoms with Crippen LogP contribution in [0.25, 0.3) is 0 Å². The molecule has 16 heteroatoms. The molecule has 2 aromatic carbocycles. The Morgan fingerprint density at radius 1 is 1.09 bits per heavy atom. The molecule has 262 valence electrons. The van der Waals surface area contributed by atoms with E-state index in [0.717, 1.165) is 0 Å². The summed E-state index contributed by atoms with van der Waals surface area (Å²) in [4.78, 5) is 23.0. The summed E-state index contributed by atoms with van der Waals surface area (Å²) in [5.74, 6) is 0.654. The number of aliphatic hydroxyl groups is 1. The number of benzene rings is 2. The molecule has 2 heterocycles. The quantitative estimate of drug-likeness (QED) is 0.205. The van der Waals surface area contributed by atoms with Gasteiger partial charge < -0.3 is 43.5 Å². The average Bonchev–Trinajstić information content (AvgIpc) is 3.65. The number of carbonyl (C=O) groups is 1. The van der Waals surface area contributed by atoms with Crippen LogP contribution in [0.15, 0.2) is 53.4 Å². The zero-order valence-electron chi connectivity index (χ0n) is 27.0. The van der Waals surface area contributed by atoms with E-state index in [1.807, 2.05) is 13.8 Å². The number of carbonyl (C=O) groups excluding carboxylic acids is 1. The van der Waals surface area contributed by atoms with Gasteiger partial charge in [-0.3, -0.25) is 4.57 Å². The SMILES string of the molecule is CCOP(=O)(O)COc1ccc(C[C@H](NC(=O)O[C@H]2CO[C@H]3OCC[C@H]32)[C@H](O)CN(CC(C)C)S(=O)(=O)c2ccc(OC)cc2)cc1. The van der Waals surface area contributed by atoms with Crippen molar-refractivity contribution in [2.24, 2.45) is 11.8 Å². The Morgan fingerprint density at radius 3 is 2.40 bits per heavy atom. The lowest BCUT2D eigenvalue weighted by molar-refractivity contribution is -0.0907. The molecule has 2 aromatic rings. The van der Waals surface area contributed by atoms with E-state index in [9.17, 15) is 27.8 Å². The number of methoxy groups -OCH3 is 1. The molecule has 1 unspecified atom stereocenters. The van der Waals surface area contributed by atoms with Crippen molar-refractivity contribution < 1.29 is 56.0 Å². The van der Waals surface area contributed by atoms with Gasteiger partial charge in [0.05, 0.1) is 49.9 Å². The molecule has 2 aliphatic rings. The monoisotopic (exact) mass is 700 g/mol. The average molecular weight is 701 g/mol. The molecule has 4 rings (SSSR count). The lowest BCUT2D eigenvalue weighted by Crippen LogP contribution is -2.51. The second-order valence-corrected chi connectivity index (χ2v) is 15.6. The van der Waals surface area contributed by atoms with Gasteiger partial charge in [-0.05, 0) is 67.6 Å². The number of alkyl carbamates (subject to hydrolysis) is 1. The van der Waals surface area contributed by atoms with Crippen LogP contribution in [-0.2, 0) is 39.7 Å². The Labute approximate surface area is 275 Å². The molecule has 0 aliphatic carbocycles. The van der Waals surface area contributed by atoms with Gasteiger partial charge in [0.15, 0.2) is 12.6 Å². The van der Waals surface area contributed by atoms with Crippen molar-refractivity contribution in [3.05, 3.63) is 54.1 Å². The molecule has 2 saturated heterocycles. The Hall–Kier alpha value is -2.75. The standard InChI is InChI=1S/C31H45N2O12PS/c1-5-44-46(36,37)20-43-24-8-6-22(7-9-24)16-27(32-31(35)45-29-19-42-30-26(29)14-15-41-30)28(34)18-33(17-21(2)3)47(38,39)25-12-10-23(40-4)11-13-25/h6-13,21,26-30,34H,5,14-20H2,1-4H3,(H,32,35)(H,36,37)/t26-,27-,28+,29-,30+/m0/s1. The number of aliphatic hydroxyl groups excluding tert-OH is 1. The van der Waals surface area contributed by atoms with Gasteiger partial charge in [0.25, 0.3) is 0 Å². The first-order chi connectivity index (χ1) is 22.3. The Morgan fingerprint density at radius 2 is 1.77 bits per heavy atom. The van der Waals surface area contributed by atoms with E-state index < -0.39 is 54.6 Å². The number of ether oxygens (including phenoxy) is 5. The number of hydrogen-bond acceptors (Lipinski definition) is 11. The minimum atomic E-state index is -4.03. The van der Waals surface area contributed by atoms with Crippen LogP contribution in [-0.4, -0.2) is 99.7 Å². The Bertz CT molecular complexity index is 1460. The van der Waals surface area contributed by atoms with E-state index in [4.69, 9.17) is 28.2 Å². The number of hydrogen-bond donors (Lipinski definition) is 3. The van der Waals surface area contributed by atoms with Crippen LogP contribution in [0, 0.1) is 11.8 Å².